The Morgan fingerprint density at radius 1 is 1.12 bits per heavy atom. The number of nitrogens with one attached hydrogen (secondary N) is 1. The van der Waals surface area contributed by atoms with Gasteiger partial charge in [0, 0.05) is 30.8 Å². The summed E-state index contributed by atoms with van der Waals surface area (Å²) in [4.78, 5) is 36.5. The fourth-order valence-electron chi connectivity index (χ4n) is 3.85. The minimum atomic E-state index is -0.0279. The third-order valence-electron chi connectivity index (χ3n) is 5.16. The maximum Gasteiger partial charge on any atom is 0.259 e. The summed E-state index contributed by atoms with van der Waals surface area (Å²) in [6, 6.07) is 0. The SMILES string of the molecule is O=C(CCc1nc2sc3c(c2c(=O)[nH]1)CCCC3)N1CCCCC1. The van der Waals surface area contributed by atoms with E-state index in [1.165, 1.54) is 23.3 Å². The molecule has 0 radical (unpaired) electrons. The minimum Gasteiger partial charge on any atom is -0.343 e. The number of aryl methyl sites for hydroxylation is 3. The zero-order valence-corrected chi connectivity index (χ0v) is 14.7. The van der Waals surface area contributed by atoms with E-state index in [0.717, 1.165) is 55.4 Å². The summed E-state index contributed by atoms with van der Waals surface area (Å²) in [6.07, 6.45) is 8.80. The van der Waals surface area contributed by atoms with Crippen molar-refractivity contribution in [3.8, 4) is 0 Å². The van der Waals surface area contributed by atoms with Gasteiger partial charge < -0.3 is 9.88 Å². The molecular weight excluding hydrogens is 322 g/mol. The van der Waals surface area contributed by atoms with Crippen molar-refractivity contribution in [1.29, 1.82) is 0 Å². The summed E-state index contributed by atoms with van der Waals surface area (Å²) in [5.74, 6) is 0.833. The molecule has 0 aromatic carbocycles. The summed E-state index contributed by atoms with van der Waals surface area (Å²) in [7, 11) is 0. The third-order valence-corrected chi connectivity index (χ3v) is 6.34. The van der Waals surface area contributed by atoms with Crippen molar-refractivity contribution in [3.63, 3.8) is 0 Å². The van der Waals surface area contributed by atoms with Crippen LogP contribution in [0.3, 0.4) is 0 Å². The molecule has 6 heteroatoms. The molecule has 1 aliphatic carbocycles. The van der Waals surface area contributed by atoms with Gasteiger partial charge in [-0.05, 0) is 50.5 Å². The molecule has 1 saturated heterocycles. The van der Waals surface area contributed by atoms with Gasteiger partial charge in [0.1, 0.15) is 10.7 Å². The molecule has 5 nitrogen and oxygen atoms in total. The number of nitrogens with zero attached hydrogens (tertiary/aromatic N) is 2. The average Bonchev–Trinajstić information content (AvgIpc) is 2.99. The molecule has 1 aliphatic heterocycles. The molecule has 0 saturated carbocycles. The molecule has 1 N–H and O–H groups in total. The fourth-order valence-corrected chi connectivity index (χ4v) is 5.13. The Hall–Kier alpha value is -1.69. The smallest absolute Gasteiger partial charge is 0.259 e. The van der Waals surface area contributed by atoms with Crippen LogP contribution in [0.4, 0.5) is 0 Å². The number of fused-ring (bicyclic) bond motifs is 3. The quantitative estimate of drug-likeness (QED) is 0.930. The van der Waals surface area contributed by atoms with E-state index >= 15 is 0 Å². The van der Waals surface area contributed by atoms with Crippen molar-refractivity contribution in [2.75, 3.05) is 13.1 Å². The first-order valence-corrected chi connectivity index (χ1v) is 9.85. The second-order valence-electron chi connectivity index (χ2n) is 6.85. The van der Waals surface area contributed by atoms with Crippen LogP contribution in [0.2, 0.25) is 0 Å². The van der Waals surface area contributed by atoms with E-state index in [9.17, 15) is 9.59 Å². The summed E-state index contributed by atoms with van der Waals surface area (Å²) < 4.78 is 0. The predicted molar refractivity (Wildman–Crippen MR) is 95.6 cm³/mol. The van der Waals surface area contributed by atoms with Crippen molar-refractivity contribution in [3.05, 3.63) is 26.6 Å². The molecule has 4 rings (SSSR count). The van der Waals surface area contributed by atoms with E-state index in [4.69, 9.17) is 0 Å². The lowest BCUT2D eigenvalue weighted by Crippen LogP contribution is -2.35. The second-order valence-corrected chi connectivity index (χ2v) is 7.93. The number of hydrogen-bond donors (Lipinski definition) is 1. The molecule has 0 bridgehead atoms. The van der Waals surface area contributed by atoms with Crippen LogP contribution < -0.4 is 5.56 Å². The molecule has 0 unspecified atom stereocenters. The molecule has 2 aromatic rings. The molecule has 128 valence electrons. The van der Waals surface area contributed by atoms with Crippen LogP contribution >= 0.6 is 11.3 Å². The first kappa shape index (κ1) is 15.8. The average molecular weight is 345 g/mol. The highest BCUT2D eigenvalue weighted by molar-refractivity contribution is 7.18. The maximum absolute atomic E-state index is 12.5. The lowest BCUT2D eigenvalue weighted by Gasteiger charge is -2.26. The van der Waals surface area contributed by atoms with Gasteiger partial charge in [-0.1, -0.05) is 0 Å². The zero-order valence-electron chi connectivity index (χ0n) is 13.9. The Morgan fingerprint density at radius 2 is 1.92 bits per heavy atom. The first-order valence-electron chi connectivity index (χ1n) is 9.03. The van der Waals surface area contributed by atoms with Crippen LogP contribution in [0, 0.1) is 0 Å². The molecule has 0 atom stereocenters. The number of aromatic nitrogens is 2. The number of rotatable bonds is 3. The van der Waals surface area contributed by atoms with Crippen molar-refractivity contribution in [2.45, 2.75) is 57.8 Å². The molecule has 2 aliphatic rings. The van der Waals surface area contributed by atoms with E-state index in [2.05, 4.69) is 9.97 Å². The summed E-state index contributed by atoms with van der Waals surface area (Å²) >= 11 is 1.66. The standard InChI is InChI=1S/C18H23N3O2S/c22-15(21-10-4-1-5-11-21)9-8-14-19-17(23)16-12-6-2-3-7-13(12)24-18(16)20-14/h1-11H2,(H,19,20,23). The maximum atomic E-state index is 12.5. The highest BCUT2D eigenvalue weighted by Crippen LogP contribution is 2.33. The van der Waals surface area contributed by atoms with Crippen molar-refractivity contribution in [1.82, 2.24) is 14.9 Å². The van der Waals surface area contributed by atoms with Gasteiger partial charge in [0.25, 0.3) is 5.56 Å². The number of thiophene rings is 1. The molecule has 0 spiro atoms. The topological polar surface area (TPSA) is 66.1 Å². The summed E-state index contributed by atoms with van der Waals surface area (Å²) in [6.45, 7) is 1.75. The van der Waals surface area contributed by atoms with E-state index in [1.807, 2.05) is 4.90 Å². The number of carbonyl (C=O) groups is 1. The van der Waals surface area contributed by atoms with Gasteiger partial charge in [-0.2, -0.15) is 0 Å². The number of aromatic amines is 1. The Kier molecular flexibility index (Phi) is 4.39. The van der Waals surface area contributed by atoms with Gasteiger partial charge in [-0.3, -0.25) is 9.59 Å². The van der Waals surface area contributed by atoms with Crippen LogP contribution in [-0.2, 0) is 24.1 Å². The molecule has 2 aromatic heterocycles. The largest absolute Gasteiger partial charge is 0.343 e. The first-order chi connectivity index (χ1) is 11.7. The van der Waals surface area contributed by atoms with Crippen LogP contribution in [0.5, 0.6) is 0 Å². The van der Waals surface area contributed by atoms with E-state index in [-0.39, 0.29) is 11.5 Å². The predicted octanol–water partition coefficient (Wildman–Crippen LogP) is 2.81. The van der Waals surface area contributed by atoms with Crippen LogP contribution in [0.1, 0.15) is 54.8 Å². The number of H-pyrrole nitrogens is 1. The lowest BCUT2D eigenvalue weighted by molar-refractivity contribution is -0.132. The van der Waals surface area contributed by atoms with Crippen molar-refractivity contribution < 1.29 is 4.79 Å². The van der Waals surface area contributed by atoms with Crippen LogP contribution in [0.25, 0.3) is 10.2 Å². The number of hydrogen-bond acceptors (Lipinski definition) is 4. The van der Waals surface area contributed by atoms with Gasteiger partial charge in [-0.25, -0.2) is 4.98 Å². The Morgan fingerprint density at radius 3 is 2.75 bits per heavy atom. The van der Waals surface area contributed by atoms with E-state index < -0.39 is 0 Å². The monoisotopic (exact) mass is 345 g/mol. The second kappa shape index (κ2) is 6.67. The van der Waals surface area contributed by atoms with Crippen LogP contribution in [-0.4, -0.2) is 33.9 Å². The van der Waals surface area contributed by atoms with Crippen molar-refractivity contribution >= 4 is 27.5 Å². The molecule has 1 amide bonds. The molecule has 3 heterocycles. The lowest BCUT2D eigenvalue weighted by atomic mass is 9.97. The highest BCUT2D eigenvalue weighted by atomic mass is 32.1. The molecule has 1 fully saturated rings. The summed E-state index contributed by atoms with van der Waals surface area (Å²) in [5, 5.41) is 0.792. The Bertz CT molecular complexity index is 818. The summed E-state index contributed by atoms with van der Waals surface area (Å²) in [5.41, 5.74) is 1.19. The fraction of sp³-hybridized carbons (Fsp3) is 0.611. The molecule has 24 heavy (non-hydrogen) atoms. The van der Waals surface area contributed by atoms with Crippen LogP contribution in [0.15, 0.2) is 4.79 Å². The highest BCUT2D eigenvalue weighted by Gasteiger charge is 2.20. The van der Waals surface area contributed by atoms with Gasteiger partial charge in [-0.15, -0.1) is 11.3 Å². The Balaban J connectivity index is 1.52. The van der Waals surface area contributed by atoms with Gasteiger partial charge in [0.15, 0.2) is 0 Å². The van der Waals surface area contributed by atoms with Gasteiger partial charge in [0.05, 0.1) is 5.39 Å². The van der Waals surface area contributed by atoms with E-state index in [1.54, 1.807) is 11.3 Å². The minimum absolute atomic E-state index is 0.0279. The van der Waals surface area contributed by atoms with Gasteiger partial charge in [0.2, 0.25) is 5.91 Å². The zero-order chi connectivity index (χ0) is 16.5. The molecular formula is C18H23N3O2S. The van der Waals surface area contributed by atoms with E-state index in [0.29, 0.717) is 18.7 Å². The number of piperidine rings is 1. The normalized spacial score (nSPS) is 17.9. The van der Waals surface area contributed by atoms with Crippen molar-refractivity contribution in [2.24, 2.45) is 0 Å². The van der Waals surface area contributed by atoms with Gasteiger partial charge >= 0.3 is 0 Å². The number of amides is 1. The third kappa shape index (κ3) is 2.99. The number of carbonyl (C=O) groups excluding carboxylic acids is 1. The Labute approximate surface area is 145 Å². The number of likely N-dealkylation sites (tertiary alicyclic amines) is 1.